The molecule has 0 bridgehead atoms. The van der Waals surface area contributed by atoms with E-state index in [9.17, 15) is 79.4 Å². The molecule has 12 rings (SSSR count). The molecule has 0 N–H and O–H groups in total. The average molecular weight is 2020 g/mol. The highest BCUT2D eigenvalue weighted by Gasteiger charge is 2.19. The molecule has 0 radical (unpaired) electrons. The number of carbonyl (C=O) groups is 5. The molecule has 0 aliphatic heterocycles. The molecule has 0 aromatic heterocycles. The number of alkyl halides is 2. The Morgan fingerprint density at radius 2 is 0.511 bits per heavy atom. The van der Waals surface area contributed by atoms with Crippen LogP contribution >= 0.6 is 0 Å². The Kier molecular flexibility index (Phi) is 57.1. The van der Waals surface area contributed by atoms with Crippen molar-refractivity contribution in [3.8, 4) is 22.3 Å². The van der Waals surface area contributed by atoms with E-state index in [-0.39, 0.29) is 39.6 Å². The molecule has 0 amide bonds. The second-order valence-electron chi connectivity index (χ2n) is 34.7. The smallest absolute Gasteiger partial charge is 0.242 e. The Morgan fingerprint density at radius 3 is 0.766 bits per heavy atom. The molecule has 0 saturated heterocycles. The van der Waals surface area contributed by atoms with Crippen LogP contribution in [0.1, 0.15) is 145 Å². The summed E-state index contributed by atoms with van der Waals surface area (Å²) in [6, 6.07) is 93.7. The molecule has 12 aromatic rings. The molecule has 26 heteroatoms. The monoisotopic (exact) mass is 2020 g/mol. The number of carbonyl (C=O) groups excluding carboxylic acids is 5. The highest BCUT2D eigenvalue weighted by atomic mass is 32.2. The van der Waals surface area contributed by atoms with E-state index in [4.69, 9.17) is 0 Å². The number of Topliss-reactive ketones (excluding diaryl/α,β-unsaturated/α-hetero) is 5. The minimum Gasteiger partial charge on any atom is -0.300 e. The fourth-order valence-corrected chi connectivity index (χ4v) is 16.2. The lowest BCUT2D eigenvalue weighted by Crippen LogP contribution is -2.37. The maximum absolute atomic E-state index is 12.7. The molecular formula is C111H142F4O14S6Si2. The summed E-state index contributed by atoms with van der Waals surface area (Å²) in [4.78, 5) is 56.0. The van der Waals surface area contributed by atoms with Crippen molar-refractivity contribution in [1.29, 1.82) is 0 Å². The fraction of sp³-hybridized carbons (Fsp3) is 0.261. The van der Waals surface area contributed by atoms with Gasteiger partial charge in [0.15, 0.2) is 42.8 Å². The number of ketones is 5. The number of allylic oxidation sites excluding steroid dienone is 1. The Morgan fingerprint density at radius 1 is 0.285 bits per heavy atom. The molecule has 3 atom stereocenters. The number of halogens is 4. The molecule has 0 heterocycles. The number of sulfone groups is 3. The van der Waals surface area contributed by atoms with Crippen molar-refractivity contribution in [2.75, 3.05) is 43.8 Å². The van der Waals surface area contributed by atoms with Crippen LogP contribution in [-0.2, 0) is 62.9 Å². The number of hydrogen-bond acceptors (Lipinski definition) is 14. The zero-order valence-electron chi connectivity index (χ0n) is 84.9. The lowest BCUT2D eigenvalue weighted by atomic mass is 10.0. The second-order valence-corrected chi connectivity index (χ2v) is 58.6. The predicted molar refractivity (Wildman–Crippen MR) is 584 cm³/mol. The molecule has 0 saturated carbocycles. The van der Waals surface area contributed by atoms with Crippen molar-refractivity contribution in [2.45, 2.75) is 174 Å². The minimum absolute atomic E-state index is 0.0278. The van der Waals surface area contributed by atoms with Crippen LogP contribution in [-0.4, -0.2) is 150 Å². The Labute approximate surface area is 820 Å². The van der Waals surface area contributed by atoms with Gasteiger partial charge in [0.25, 0.3) is 0 Å². The van der Waals surface area contributed by atoms with Crippen LogP contribution in [0.5, 0.6) is 0 Å². The molecule has 0 aliphatic rings. The largest absolute Gasteiger partial charge is 0.300 e. The first-order chi connectivity index (χ1) is 62.8. The third-order valence-electron chi connectivity index (χ3n) is 17.5. The molecule has 0 spiro atoms. The Hall–Kier alpha value is -11.2. The third-order valence-corrected chi connectivity index (χ3v) is 27.7. The number of benzene rings is 12. The van der Waals surface area contributed by atoms with E-state index in [1.165, 1.54) is 89.5 Å². The molecule has 3 unspecified atom stereocenters. The van der Waals surface area contributed by atoms with E-state index in [1.54, 1.807) is 71.6 Å². The normalized spacial score (nSPS) is 11.8. The fourth-order valence-electron chi connectivity index (χ4n) is 10.4. The van der Waals surface area contributed by atoms with Crippen molar-refractivity contribution in [3.05, 3.63) is 372 Å². The standard InChI is InChI=1S/C14H14OS.C14H12O.C11H16OSi.C10H16O2SSi.C9H9FO.C9H12OS.C9H10O.C9H10.C8H9FO2S.C8H10OS.C3H6F2.C3H6O.C2H6O2S.C2H6/c1-16(2,15)14-10-8-13(9-11-14)12-6-4-3-5-7-12;1-11(15)12-7-9-14(10-8-12)13-5-3-2-4-6-13;1-9(12)10-5-7-11(8-6-10)13(2,3)4;1-13(11,12)9-5-7-10(8-6-9)14(2,3)4;1-6-3-8(7(2)11)5-9(10)4-6;1-8-4-6-9(7-5-8)11(2,3)10;1-7-3-5-9(6-4-7)8(2)10;1-8(2)9-6-4-3-5-7-9;1-6-3-7(9)5-8(4-6)12(2,10)11;1-10(2,9)8-6-4-3-5-7-8;1-3(2,4)5;1-3(2)4;1-5(2,3)4;1-2/h3-11H,1H2,2H3;2-10H,1H3;5-8H,1-4H3;5-8H,1-4H3;3-5H,1-2H3;4-7H,2H2,1,3H3;3-6H,1-2H3;3-7H,1H2,2H3;3-5H,1-2H3;3-7H,1H2,2H3;1-2H3;1-2H3;1-2H3;1-2H3. The minimum atomic E-state index is -3.29. The van der Waals surface area contributed by atoms with Crippen molar-refractivity contribution < 1.29 is 79.4 Å². The summed E-state index contributed by atoms with van der Waals surface area (Å²) in [5, 5.41) is 2.68. The average Bonchev–Trinajstić information content (AvgIpc) is 0.799. The van der Waals surface area contributed by atoms with Gasteiger partial charge in [-0.05, 0) is 260 Å². The van der Waals surface area contributed by atoms with Gasteiger partial charge in [-0.1, -0.05) is 305 Å². The van der Waals surface area contributed by atoms with E-state index in [0.29, 0.717) is 16.0 Å². The summed E-state index contributed by atoms with van der Waals surface area (Å²) < 4.78 is 145. The summed E-state index contributed by atoms with van der Waals surface area (Å²) in [6.45, 7) is 41.8. The van der Waals surface area contributed by atoms with Gasteiger partial charge in [0.2, 0.25) is 5.92 Å². The molecule has 14 nitrogen and oxygen atoms in total. The third kappa shape index (κ3) is 61.6. The van der Waals surface area contributed by atoms with E-state index < -0.39 is 86.0 Å². The van der Waals surface area contributed by atoms with Gasteiger partial charge in [-0.2, -0.15) is 0 Å². The van der Waals surface area contributed by atoms with E-state index in [2.05, 4.69) is 112 Å². The summed E-state index contributed by atoms with van der Waals surface area (Å²) in [5.41, 5.74) is 13.5. The first-order valence-corrected chi connectivity index (χ1v) is 62.6. The van der Waals surface area contributed by atoms with Gasteiger partial charge in [0.1, 0.15) is 27.3 Å². The van der Waals surface area contributed by atoms with Crippen molar-refractivity contribution >= 4 is 137 Å². The number of hydrogen-bond donors (Lipinski definition) is 0. The van der Waals surface area contributed by atoms with E-state index in [0.717, 1.165) is 92.3 Å². The number of aryl methyl sites for hydroxylation is 4. The second kappa shape index (κ2) is 61.2. The lowest BCUT2D eigenvalue weighted by molar-refractivity contribution is -0.115. The summed E-state index contributed by atoms with van der Waals surface area (Å²) in [7, 11) is -17.6. The zero-order valence-corrected chi connectivity index (χ0v) is 91.8. The summed E-state index contributed by atoms with van der Waals surface area (Å²) in [6.07, 6.45) is 9.56. The first kappa shape index (κ1) is 128. The van der Waals surface area contributed by atoms with Crippen LogP contribution in [0, 0.1) is 39.3 Å². The Bertz CT molecular complexity index is 6420. The Balaban J connectivity index is 0. The highest BCUT2D eigenvalue weighted by molar-refractivity contribution is 8.00. The SMILES string of the molecule is C=C(C)c1ccccc1.C=S(C)(=O)c1ccc(-c2ccccc2)cc1.C=S(C)(=O)c1ccc(C)cc1.C=S(C)(=O)c1ccccc1.CC.CC(=O)c1cc(C)cc(F)c1.CC(=O)c1ccc(-c2ccccc2)cc1.CC(=O)c1ccc(C)cc1.CC(=O)c1ccc([Si](C)(C)C)cc1.CC(C)(F)F.CC(C)=O.CS(C)(=O)=O.C[Si](C)(C)c1ccc(S(C)(=O)=O)cc1.Cc1cc(F)cc(S(C)(=O)=O)c1. The molecule has 742 valence electrons. The maximum Gasteiger partial charge on any atom is 0.242 e. The maximum atomic E-state index is 12.7. The van der Waals surface area contributed by atoms with Gasteiger partial charge in [0.05, 0.1) is 25.9 Å². The number of rotatable bonds is 14. The van der Waals surface area contributed by atoms with Gasteiger partial charge in [-0.15, -0.1) is 0 Å². The van der Waals surface area contributed by atoms with Gasteiger partial charge in [-0.3, -0.25) is 31.8 Å². The van der Waals surface area contributed by atoms with Gasteiger partial charge in [-0.25, -0.2) is 42.8 Å². The molecule has 12 aromatic carbocycles. The van der Waals surface area contributed by atoms with Gasteiger partial charge >= 0.3 is 0 Å². The van der Waals surface area contributed by atoms with Crippen molar-refractivity contribution in [1.82, 2.24) is 0 Å². The topological polar surface area (TPSA) is 239 Å². The van der Waals surface area contributed by atoms with Crippen LogP contribution in [0.15, 0.2) is 334 Å². The summed E-state index contributed by atoms with van der Waals surface area (Å²) in [5.74, 6) is 7.90. The van der Waals surface area contributed by atoms with Gasteiger partial charge < -0.3 is 4.79 Å². The van der Waals surface area contributed by atoms with Crippen LogP contribution in [0.3, 0.4) is 0 Å². The molecular weight excluding hydrogens is 1880 g/mol. The van der Waals surface area contributed by atoms with Crippen LogP contribution in [0.4, 0.5) is 17.6 Å². The summed E-state index contributed by atoms with van der Waals surface area (Å²) >= 11 is 0. The lowest BCUT2D eigenvalue weighted by Gasteiger charge is -2.16. The highest BCUT2D eigenvalue weighted by Crippen LogP contribution is 2.23. The van der Waals surface area contributed by atoms with E-state index >= 15 is 0 Å². The van der Waals surface area contributed by atoms with E-state index in [1.807, 2.05) is 241 Å². The van der Waals surface area contributed by atoms with Crippen molar-refractivity contribution in [3.63, 3.8) is 0 Å². The van der Waals surface area contributed by atoms with Crippen LogP contribution in [0.2, 0.25) is 39.3 Å². The predicted octanol–water partition coefficient (Wildman–Crippen LogP) is 25.5. The quantitative estimate of drug-likeness (QED) is 0.0426. The van der Waals surface area contributed by atoms with Crippen LogP contribution < -0.4 is 10.4 Å². The van der Waals surface area contributed by atoms with Crippen LogP contribution in [0.25, 0.3) is 27.8 Å². The molecule has 137 heavy (non-hydrogen) atoms. The van der Waals surface area contributed by atoms with Crippen molar-refractivity contribution in [2.24, 2.45) is 0 Å². The van der Waals surface area contributed by atoms with Gasteiger partial charge in [0, 0.05) is 80.7 Å². The first-order valence-electron chi connectivity index (χ1n) is 43.2. The zero-order chi connectivity index (χ0) is 106. The molecule has 0 fully saturated rings. The molecule has 0 aliphatic carbocycles.